The highest BCUT2D eigenvalue weighted by atomic mass is 79.9. The van der Waals surface area contributed by atoms with Gasteiger partial charge in [-0.2, -0.15) is 13.2 Å². The first kappa shape index (κ1) is 34.1. The molecule has 8 nitrogen and oxygen atoms in total. The van der Waals surface area contributed by atoms with Crippen molar-refractivity contribution in [2.75, 3.05) is 55.6 Å². The second-order valence-electron chi connectivity index (χ2n) is 12.6. The van der Waals surface area contributed by atoms with E-state index < -0.39 is 17.8 Å². The number of fused-ring (bicyclic) bond motifs is 1. The number of anilines is 2. The van der Waals surface area contributed by atoms with E-state index >= 15 is 0 Å². The second-order valence-corrected chi connectivity index (χ2v) is 13.5. The highest BCUT2D eigenvalue weighted by molar-refractivity contribution is 9.10. The van der Waals surface area contributed by atoms with Crippen LogP contribution in [0.25, 0.3) is 0 Å². The predicted octanol–water partition coefficient (Wildman–Crippen LogP) is 6.59. The Labute approximate surface area is 276 Å². The van der Waals surface area contributed by atoms with Crippen LogP contribution in [0.3, 0.4) is 0 Å². The third-order valence-corrected chi connectivity index (χ3v) is 9.95. The molecule has 2 fully saturated rings. The number of alkyl halides is 3. The number of hydrogen-bond acceptors (Lipinski definition) is 7. The zero-order valence-electron chi connectivity index (χ0n) is 26.4. The smallest absolute Gasteiger partial charge is 0.369 e. The number of ketones is 1. The topological polar surface area (TPSA) is 77.1 Å². The second kappa shape index (κ2) is 14.3. The molecule has 1 aromatic heterocycles. The minimum atomic E-state index is -4.46. The van der Waals surface area contributed by atoms with Gasteiger partial charge in [0.15, 0.2) is 0 Å². The summed E-state index contributed by atoms with van der Waals surface area (Å²) in [6, 6.07) is 6.03. The molecule has 1 aromatic carbocycles. The Morgan fingerprint density at radius 3 is 2.33 bits per heavy atom. The molecular formula is C34H41BrF3N5O3. The lowest BCUT2D eigenvalue weighted by atomic mass is 9.93. The van der Waals surface area contributed by atoms with E-state index in [-0.39, 0.29) is 23.4 Å². The molecule has 2 saturated heterocycles. The van der Waals surface area contributed by atoms with Crippen LogP contribution in [0, 0.1) is 5.92 Å². The Morgan fingerprint density at radius 1 is 1.02 bits per heavy atom. The van der Waals surface area contributed by atoms with Crippen molar-refractivity contribution in [3.8, 4) is 0 Å². The van der Waals surface area contributed by atoms with Gasteiger partial charge in [0.25, 0.3) is 11.8 Å². The van der Waals surface area contributed by atoms with E-state index in [1.165, 1.54) is 11.1 Å². The summed E-state index contributed by atoms with van der Waals surface area (Å²) in [5.74, 6) is -0.131. The summed E-state index contributed by atoms with van der Waals surface area (Å²) in [7, 11) is 0. The number of rotatable bonds is 11. The number of nitrogens with zero attached hydrogens (tertiary/aromatic N) is 5. The summed E-state index contributed by atoms with van der Waals surface area (Å²) >= 11 is 3.11. The summed E-state index contributed by atoms with van der Waals surface area (Å²) < 4.78 is 41.1. The first-order valence-corrected chi connectivity index (χ1v) is 16.8. The zero-order valence-corrected chi connectivity index (χ0v) is 28.0. The van der Waals surface area contributed by atoms with Gasteiger partial charge in [0.1, 0.15) is 11.6 Å². The molecule has 1 unspecified atom stereocenters. The Hall–Kier alpha value is -3.25. The molecule has 3 aliphatic heterocycles. The number of piperidine rings is 1. The molecule has 0 aliphatic carbocycles. The molecule has 46 heavy (non-hydrogen) atoms. The molecule has 1 atom stereocenters. The van der Waals surface area contributed by atoms with Crippen molar-refractivity contribution < 1.29 is 27.6 Å². The first-order valence-electron chi connectivity index (χ1n) is 16.0. The minimum Gasteiger partial charge on any atom is -0.369 e. The number of pyridine rings is 1. The molecule has 2 amide bonds. The van der Waals surface area contributed by atoms with Gasteiger partial charge in [-0.05, 0) is 85.3 Å². The lowest BCUT2D eigenvalue weighted by Crippen LogP contribution is -2.47. The molecule has 0 saturated carbocycles. The maximum atomic E-state index is 13.6. The quantitative estimate of drug-likeness (QED) is 0.193. The molecule has 248 valence electrons. The number of aromatic nitrogens is 1. The van der Waals surface area contributed by atoms with E-state index in [9.17, 15) is 27.6 Å². The molecule has 4 heterocycles. The lowest BCUT2D eigenvalue weighted by molar-refractivity contribution is -0.137. The fourth-order valence-corrected chi connectivity index (χ4v) is 7.05. The van der Waals surface area contributed by atoms with E-state index in [4.69, 9.17) is 0 Å². The summed E-state index contributed by atoms with van der Waals surface area (Å²) in [4.78, 5) is 50.4. The van der Waals surface area contributed by atoms with Gasteiger partial charge in [0, 0.05) is 68.5 Å². The van der Waals surface area contributed by atoms with Gasteiger partial charge in [-0.25, -0.2) is 4.98 Å². The van der Waals surface area contributed by atoms with E-state index in [0.717, 1.165) is 63.7 Å². The number of Topliss-reactive ketones (excluding diaryl/α,β-unsaturated/α-hetero) is 1. The average Bonchev–Trinajstić information content (AvgIpc) is 3.28. The van der Waals surface area contributed by atoms with Gasteiger partial charge in [0.2, 0.25) is 0 Å². The number of carbonyl (C=O) groups is 3. The van der Waals surface area contributed by atoms with Crippen LogP contribution in [0.2, 0.25) is 0 Å². The molecule has 5 rings (SSSR count). The fourth-order valence-electron chi connectivity index (χ4n) is 6.72. The van der Waals surface area contributed by atoms with Crippen LogP contribution < -0.4 is 9.80 Å². The van der Waals surface area contributed by atoms with Crippen molar-refractivity contribution in [1.29, 1.82) is 0 Å². The summed E-state index contributed by atoms with van der Waals surface area (Å²) in [5.41, 5.74) is 1.66. The number of amides is 2. The Morgan fingerprint density at radius 2 is 1.70 bits per heavy atom. The van der Waals surface area contributed by atoms with Crippen LogP contribution in [-0.4, -0.2) is 84.2 Å². The maximum absolute atomic E-state index is 13.6. The van der Waals surface area contributed by atoms with Crippen LogP contribution in [0.5, 0.6) is 0 Å². The van der Waals surface area contributed by atoms with Gasteiger partial charge >= 0.3 is 6.18 Å². The summed E-state index contributed by atoms with van der Waals surface area (Å²) in [6.07, 6.45) is 0.704. The number of imide groups is 1. The van der Waals surface area contributed by atoms with Gasteiger partial charge < -0.3 is 9.80 Å². The van der Waals surface area contributed by atoms with Gasteiger partial charge in [-0.1, -0.05) is 19.1 Å². The van der Waals surface area contributed by atoms with Crippen LogP contribution >= 0.6 is 15.9 Å². The van der Waals surface area contributed by atoms with Gasteiger partial charge in [-0.3, -0.25) is 24.2 Å². The Balaban J connectivity index is 1.12. The van der Waals surface area contributed by atoms with Crippen molar-refractivity contribution in [2.45, 2.75) is 64.6 Å². The molecule has 0 radical (unpaired) electrons. The summed E-state index contributed by atoms with van der Waals surface area (Å²) in [6.45, 7) is 12.9. The number of hydrogen-bond donors (Lipinski definition) is 0. The zero-order chi connectivity index (χ0) is 33.2. The average molecular weight is 705 g/mol. The molecule has 12 heteroatoms. The van der Waals surface area contributed by atoms with E-state index in [1.807, 2.05) is 12.1 Å². The highest BCUT2D eigenvalue weighted by Gasteiger charge is 2.41. The monoisotopic (exact) mass is 703 g/mol. The van der Waals surface area contributed by atoms with Crippen molar-refractivity contribution in [2.24, 2.45) is 5.92 Å². The maximum Gasteiger partial charge on any atom is 0.419 e. The normalized spacial score (nSPS) is 18.7. The largest absolute Gasteiger partial charge is 0.419 e. The van der Waals surface area contributed by atoms with Crippen LogP contribution in [0.15, 0.2) is 47.1 Å². The van der Waals surface area contributed by atoms with Gasteiger partial charge in [-0.15, -0.1) is 0 Å². The van der Waals surface area contributed by atoms with Crippen molar-refractivity contribution in [3.05, 3.63) is 63.8 Å². The van der Waals surface area contributed by atoms with E-state index in [0.29, 0.717) is 59.4 Å². The molecule has 0 bridgehead atoms. The molecular weight excluding hydrogens is 663 g/mol. The molecule has 0 N–H and O–H groups in total. The van der Waals surface area contributed by atoms with Crippen molar-refractivity contribution in [3.63, 3.8) is 0 Å². The first-order chi connectivity index (χ1) is 21.9. The number of benzene rings is 1. The SMILES string of the molecule is C=C(C)C(CCC(=O)CC)N1C(=O)c2ccc(N3CCN(CCC4CCN(c5ncc(Br)cc5C(F)(F)F)CC4)CC3)cc2C1=O. The Bertz CT molecular complexity index is 1480. The standard InChI is InChI=1S/C34H41BrF3N5O3/c1-4-26(44)6-8-30(22(2)3)43-32(45)27-7-5-25(20-28(27)33(43)46)41-17-15-40(16-18-41)12-9-23-10-13-42(14-11-23)31-29(34(36,37)38)19-24(35)21-39-31/h5,7,19-21,23,30H,2,4,6,8-18H2,1,3H3. The van der Waals surface area contributed by atoms with Crippen molar-refractivity contribution in [1.82, 2.24) is 14.8 Å². The summed E-state index contributed by atoms with van der Waals surface area (Å²) in [5, 5.41) is 0. The number of carbonyl (C=O) groups excluding carboxylic acids is 3. The Kier molecular flexibility index (Phi) is 10.6. The molecule has 0 spiro atoms. The number of piperazine rings is 1. The fraction of sp³-hybridized carbons (Fsp3) is 0.529. The van der Waals surface area contributed by atoms with E-state index in [2.05, 4.69) is 37.3 Å². The number of halogens is 4. The molecule has 2 aromatic rings. The van der Waals surface area contributed by atoms with Crippen LogP contribution in [0.4, 0.5) is 24.7 Å². The minimum absolute atomic E-state index is 0.00898. The van der Waals surface area contributed by atoms with Gasteiger partial charge in [0.05, 0.1) is 22.7 Å². The molecule has 3 aliphatic rings. The third-order valence-electron chi connectivity index (χ3n) is 9.52. The predicted molar refractivity (Wildman–Crippen MR) is 175 cm³/mol. The van der Waals surface area contributed by atoms with Crippen molar-refractivity contribution >= 4 is 45.0 Å². The van der Waals surface area contributed by atoms with Crippen LogP contribution in [0.1, 0.15) is 78.7 Å². The van der Waals surface area contributed by atoms with Crippen LogP contribution in [-0.2, 0) is 11.0 Å². The van der Waals surface area contributed by atoms with E-state index in [1.54, 1.807) is 24.8 Å². The highest BCUT2D eigenvalue weighted by Crippen LogP contribution is 2.38. The third kappa shape index (κ3) is 7.48. The lowest BCUT2D eigenvalue weighted by Gasteiger charge is -2.38.